The van der Waals surface area contributed by atoms with E-state index in [9.17, 15) is 18.0 Å². The normalized spacial score (nSPS) is 10.9. The number of aryl methyl sites for hydroxylation is 1. The number of carbonyl (C=O) groups is 2. The van der Waals surface area contributed by atoms with Crippen molar-refractivity contribution in [3.05, 3.63) is 54.1 Å². The molecule has 0 aliphatic carbocycles. The van der Waals surface area contributed by atoms with Gasteiger partial charge >= 0.3 is 0 Å². The van der Waals surface area contributed by atoms with Crippen molar-refractivity contribution in [2.45, 2.75) is 19.8 Å². The maximum atomic E-state index is 12.0. The molecule has 8 heteroatoms. The Morgan fingerprint density at radius 3 is 2.11 bits per heavy atom. The highest BCUT2D eigenvalue weighted by molar-refractivity contribution is 7.92. The van der Waals surface area contributed by atoms with E-state index in [4.69, 9.17) is 4.74 Å². The third-order valence-electron chi connectivity index (χ3n) is 3.53. The second-order valence-corrected chi connectivity index (χ2v) is 7.88. The highest BCUT2D eigenvalue weighted by Crippen LogP contribution is 2.16. The van der Waals surface area contributed by atoms with Gasteiger partial charge in [-0.05, 0) is 55.3 Å². The fraction of sp³-hybridized carbons (Fsp3) is 0.263. The molecular formula is C19H22N2O5S. The minimum absolute atomic E-state index is 0.145. The summed E-state index contributed by atoms with van der Waals surface area (Å²) in [5.74, 6) is 0.371. The lowest BCUT2D eigenvalue weighted by Gasteiger charge is -2.09. The van der Waals surface area contributed by atoms with Gasteiger partial charge in [0.25, 0.3) is 5.91 Å². The Morgan fingerprint density at radius 1 is 0.963 bits per heavy atom. The van der Waals surface area contributed by atoms with E-state index in [-0.39, 0.29) is 18.3 Å². The first-order valence-corrected chi connectivity index (χ1v) is 10.2. The molecule has 0 saturated carbocycles. The van der Waals surface area contributed by atoms with E-state index >= 15 is 0 Å². The Bertz CT molecular complexity index is 891. The highest BCUT2D eigenvalue weighted by atomic mass is 32.2. The Kier molecular flexibility index (Phi) is 6.95. The molecule has 2 aromatic rings. The molecule has 27 heavy (non-hydrogen) atoms. The van der Waals surface area contributed by atoms with Crippen LogP contribution in [0.4, 0.5) is 11.4 Å². The van der Waals surface area contributed by atoms with Gasteiger partial charge in [-0.3, -0.25) is 9.52 Å². The number of rotatable bonds is 9. The summed E-state index contributed by atoms with van der Waals surface area (Å²) in [5, 5.41) is 2.67. The Balaban J connectivity index is 1.81. The zero-order valence-electron chi connectivity index (χ0n) is 15.2. The van der Waals surface area contributed by atoms with Crippen LogP contribution in [-0.4, -0.2) is 33.0 Å². The molecule has 0 spiro atoms. The van der Waals surface area contributed by atoms with Crippen molar-refractivity contribution in [3.63, 3.8) is 0 Å². The molecular weight excluding hydrogens is 368 g/mol. The molecule has 0 atom stereocenters. The van der Waals surface area contributed by atoms with Gasteiger partial charge < -0.3 is 14.8 Å². The monoisotopic (exact) mass is 390 g/mol. The molecule has 0 aliphatic heterocycles. The molecule has 144 valence electrons. The van der Waals surface area contributed by atoms with Crippen LogP contribution < -0.4 is 14.8 Å². The molecule has 2 aromatic carbocycles. The average Bonchev–Trinajstić information content (AvgIpc) is 2.59. The van der Waals surface area contributed by atoms with Crippen molar-refractivity contribution >= 4 is 33.1 Å². The van der Waals surface area contributed by atoms with Gasteiger partial charge in [-0.15, -0.1) is 0 Å². The minimum atomic E-state index is -3.34. The fourth-order valence-corrected chi connectivity index (χ4v) is 2.82. The summed E-state index contributed by atoms with van der Waals surface area (Å²) in [6, 6.07) is 13.5. The van der Waals surface area contributed by atoms with Crippen LogP contribution in [0.15, 0.2) is 48.5 Å². The smallest absolute Gasteiger partial charge is 0.262 e. The number of benzene rings is 2. The fourth-order valence-electron chi connectivity index (χ4n) is 2.25. The number of hydrogen-bond donors (Lipinski definition) is 2. The molecule has 0 aromatic heterocycles. The molecule has 2 rings (SSSR count). The first kappa shape index (κ1) is 20.4. The van der Waals surface area contributed by atoms with Crippen LogP contribution >= 0.6 is 0 Å². The molecule has 0 radical (unpaired) electrons. The predicted molar refractivity (Wildman–Crippen MR) is 104 cm³/mol. The molecule has 0 heterocycles. The maximum Gasteiger partial charge on any atom is 0.262 e. The SMILES string of the molecule is CC(=O)CCc1ccc(OCC(=O)Nc2ccc(NS(C)(=O)=O)cc2)cc1. The van der Waals surface area contributed by atoms with Gasteiger partial charge in [0.15, 0.2) is 6.61 Å². The molecule has 0 unspecified atom stereocenters. The number of carbonyl (C=O) groups excluding carboxylic acids is 2. The Hall–Kier alpha value is -2.87. The van der Waals surface area contributed by atoms with Crippen LogP contribution in [0.3, 0.4) is 0 Å². The molecule has 0 fully saturated rings. The largest absolute Gasteiger partial charge is 0.484 e. The van der Waals surface area contributed by atoms with Crippen LogP contribution in [0.1, 0.15) is 18.9 Å². The number of ketones is 1. The van der Waals surface area contributed by atoms with E-state index < -0.39 is 10.0 Å². The van der Waals surface area contributed by atoms with Gasteiger partial charge in [-0.2, -0.15) is 0 Å². The average molecular weight is 390 g/mol. The van der Waals surface area contributed by atoms with E-state index in [1.54, 1.807) is 43.3 Å². The first-order valence-electron chi connectivity index (χ1n) is 8.30. The van der Waals surface area contributed by atoms with Crippen LogP contribution in [0.5, 0.6) is 5.75 Å². The van der Waals surface area contributed by atoms with E-state index in [0.717, 1.165) is 11.8 Å². The number of ether oxygens (including phenoxy) is 1. The lowest BCUT2D eigenvalue weighted by atomic mass is 10.1. The molecule has 2 N–H and O–H groups in total. The van der Waals surface area contributed by atoms with Gasteiger partial charge in [-0.25, -0.2) is 8.42 Å². The summed E-state index contributed by atoms with van der Waals surface area (Å²) in [6.07, 6.45) is 2.25. The lowest BCUT2D eigenvalue weighted by molar-refractivity contribution is -0.118. The zero-order valence-corrected chi connectivity index (χ0v) is 16.0. The summed E-state index contributed by atoms with van der Waals surface area (Å²) < 4.78 is 30.1. The minimum Gasteiger partial charge on any atom is -0.484 e. The number of Topliss-reactive ketones (excluding diaryl/α,β-unsaturated/α-hetero) is 1. The Morgan fingerprint density at radius 2 is 1.56 bits per heavy atom. The molecule has 0 aliphatic rings. The van der Waals surface area contributed by atoms with E-state index in [0.29, 0.717) is 30.0 Å². The number of hydrogen-bond acceptors (Lipinski definition) is 5. The van der Waals surface area contributed by atoms with E-state index in [2.05, 4.69) is 10.0 Å². The van der Waals surface area contributed by atoms with Crippen molar-refractivity contribution in [2.24, 2.45) is 0 Å². The van der Waals surface area contributed by atoms with Crippen LogP contribution in [0, 0.1) is 0 Å². The van der Waals surface area contributed by atoms with Gasteiger partial charge in [-0.1, -0.05) is 12.1 Å². The van der Waals surface area contributed by atoms with Crippen molar-refractivity contribution < 1.29 is 22.7 Å². The van der Waals surface area contributed by atoms with Gasteiger partial charge in [0.2, 0.25) is 10.0 Å². The van der Waals surface area contributed by atoms with Crippen molar-refractivity contribution in [1.82, 2.24) is 0 Å². The summed E-state index contributed by atoms with van der Waals surface area (Å²) in [7, 11) is -3.34. The summed E-state index contributed by atoms with van der Waals surface area (Å²) in [5.41, 5.74) is 1.98. The summed E-state index contributed by atoms with van der Waals surface area (Å²) in [6.45, 7) is 1.40. The predicted octanol–water partition coefficient (Wildman–Crippen LogP) is 2.60. The number of sulfonamides is 1. The molecule has 1 amide bonds. The second-order valence-electron chi connectivity index (χ2n) is 6.13. The van der Waals surface area contributed by atoms with Gasteiger partial charge in [0.05, 0.1) is 6.26 Å². The van der Waals surface area contributed by atoms with Crippen LogP contribution in [-0.2, 0) is 26.0 Å². The van der Waals surface area contributed by atoms with Crippen molar-refractivity contribution in [2.75, 3.05) is 22.9 Å². The van der Waals surface area contributed by atoms with Crippen LogP contribution in [0.25, 0.3) is 0 Å². The van der Waals surface area contributed by atoms with E-state index in [1.807, 2.05) is 12.1 Å². The first-order chi connectivity index (χ1) is 12.7. The maximum absolute atomic E-state index is 12.0. The number of anilines is 2. The highest BCUT2D eigenvalue weighted by Gasteiger charge is 2.06. The third-order valence-corrected chi connectivity index (χ3v) is 4.14. The summed E-state index contributed by atoms with van der Waals surface area (Å²) >= 11 is 0. The standard InChI is InChI=1S/C19H22N2O5S/c1-14(22)3-4-15-5-11-18(12-6-15)26-13-19(23)20-16-7-9-17(10-8-16)21-27(2,24)25/h5-12,21H,3-4,13H2,1-2H3,(H,20,23). The Labute approximate surface area is 158 Å². The van der Waals surface area contributed by atoms with Gasteiger partial charge in [0.1, 0.15) is 11.5 Å². The quantitative estimate of drug-likeness (QED) is 0.685. The van der Waals surface area contributed by atoms with Crippen molar-refractivity contribution in [3.8, 4) is 5.75 Å². The topological polar surface area (TPSA) is 102 Å². The molecule has 0 saturated heterocycles. The molecule has 0 bridgehead atoms. The van der Waals surface area contributed by atoms with Crippen molar-refractivity contribution in [1.29, 1.82) is 0 Å². The lowest BCUT2D eigenvalue weighted by Crippen LogP contribution is -2.20. The number of amides is 1. The van der Waals surface area contributed by atoms with Gasteiger partial charge in [0, 0.05) is 17.8 Å². The number of nitrogens with one attached hydrogen (secondary N) is 2. The summed E-state index contributed by atoms with van der Waals surface area (Å²) in [4.78, 5) is 23.0. The molecule has 7 nitrogen and oxygen atoms in total. The zero-order chi connectivity index (χ0) is 19.9. The second kappa shape index (κ2) is 9.18. The van der Waals surface area contributed by atoms with E-state index in [1.165, 1.54) is 0 Å². The third kappa shape index (κ3) is 7.91. The van der Waals surface area contributed by atoms with Crippen LogP contribution in [0.2, 0.25) is 0 Å².